The Morgan fingerprint density at radius 2 is 1.94 bits per heavy atom. The number of nitrogens with one attached hydrogen (secondary N) is 1. The molecule has 2 N–H and O–H groups in total. The largest absolute Gasteiger partial charge is 0.396 e. The molecule has 1 aliphatic carbocycles. The summed E-state index contributed by atoms with van der Waals surface area (Å²) in [6, 6.07) is 9.71. The standard InChI is InChI=1S/C14H21NO/c1-2-13(7-8-16)15-14-9-11-5-3-4-6-12(11)10-14/h3-6,13-16H,2,7-10H2,1H3. The van der Waals surface area contributed by atoms with Crippen LogP contribution in [-0.2, 0) is 12.8 Å². The predicted octanol–water partition coefficient (Wildman–Crippen LogP) is 1.90. The lowest BCUT2D eigenvalue weighted by molar-refractivity contribution is 0.255. The molecule has 0 radical (unpaired) electrons. The predicted molar refractivity (Wildman–Crippen MR) is 66.6 cm³/mol. The Hall–Kier alpha value is -0.860. The fourth-order valence-corrected chi connectivity index (χ4v) is 2.57. The van der Waals surface area contributed by atoms with Crippen LogP contribution in [0.2, 0.25) is 0 Å². The molecule has 0 heterocycles. The minimum Gasteiger partial charge on any atom is -0.396 e. The van der Waals surface area contributed by atoms with Crippen molar-refractivity contribution in [2.45, 2.75) is 44.7 Å². The smallest absolute Gasteiger partial charge is 0.0445 e. The van der Waals surface area contributed by atoms with Crippen molar-refractivity contribution in [1.29, 1.82) is 0 Å². The molecule has 0 spiro atoms. The SMILES string of the molecule is CCC(CCO)NC1Cc2ccccc2C1. The molecule has 0 aliphatic heterocycles. The van der Waals surface area contributed by atoms with E-state index in [2.05, 4.69) is 36.5 Å². The summed E-state index contributed by atoms with van der Waals surface area (Å²) in [4.78, 5) is 0. The van der Waals surface area contributed by atoms with Crippen LogP contribution >= 0.6 is 0 Å². The van der Waals surface area contributed by atoms with Gasteiger partial charge in [0.1, 0.15) is 0 Å². The molecule has 1 aromatic carbocycles. The van der Waals surface area contributed by atoms with Crippen LogP contribution in [0.3, 0.4) is 0 Å². The van der Waals surface area contributed by atoms with Crippen molar-refractivity contribution < 1.29 is 5.11 Å². The maximum absolute atomic E-state index is 8.98. The third kappa shape index (κ3) is 2.63. The van der Waals surface area contributed by atoms with Gasteiger partial charge in [0.25, 0.3) is 0 Å². The highest BCUT2D eigenvalue weighted by molar-refractivity contribution is 5.33. The first-order valence-corrected chi connectivity index (χ1v) is 6.27. The second-order valence-electron chi connectivity index (χ2n) is 4.66. The van der Waals surface area contributed by atoms with Crippen LogP contribution in [0.15, 0.2) is 24.3 Å². The van der Waals surface area contributed by atoms with Gasteiger partial charge in [-0.05, 0) is 36.8 Å². The quantitative estimate of drug-likeness (QED) is 0.793. The molecule has 1 atom stereocenters. The van der Waals surface area contributed by atoms with Gasteiger partial charge in [0, 0.05) is 18.7 Å². The van der Waals surface area contributed by atoms with Crippen LogP contribution in [0.5, 0.6) is 0 Å². The van der Waals surface area contributed by atoms with Crippen LogP contribution < -0.4 is 5.32 Å². The molecule has 0 saturated heterocycles. The van der Waals surface area contributed by atoms with E-state index >= 15 is 0 Å². The zero-order valence-corrected chi connectivity index (χ0v) is 9.95. The number of hydrogen-bond donors (Lipinski definition) is 2. The summed E-state index contributed by atoms with van der Waals surface area (Å²) in [5.41, 5.74) is 2.97. The summed E-state index contributed by atoms with van der Waals surface area (Å²) < 4.78 is 0. The molecule has 2 nitrogen and oxygen atoms in total. The Morgan fingerprint density at radius 3 is 2.44 bits per heavy atom. The summed E-state index contributed by atoms with van der Waals surface area (Å²) in [7, 11) is 0. The van der Waals surface area contributed by atoms with E-state index in [1.54, 1.807) is 0 Å². The van der Waals surface area contributed by atoms with E-state index in [9.17, 15) is 0 Å². The molecular formula is C14H21NO. The van der Waals surface area contributed by atoms with E-state index in [1.165, 1.54) is 11.1 Å². The third-order valence-electron chi connectivity index (χ3n) is 3.49. The molecule has 2 rings (SSSR count). The van der Waals surface area contributed by atoms with Gasteiger partial charge in [-0.25, -0.2) is 0 Å². The van der Waals surface area contributed by atoms with Gasteiger partial charge in [-0.3, -0.25) is 0 Å². The lowest BCUT2D eigenvalue weighted by Crippen LogP contribution is -2.39. The minimum atomic E-state index is 0.283. The summed E-state index contributed by atoms with van der Waals surface area (Å²) in [5, 5.41) is 12.6. The Kier molecular flexibility index (Phi) is 3.97. The van der Waals surface area contributed by atoms with Crippen LogP contribution in [0.4, 0.5) is 0 Å². The van der Waals surface area contributed by atoms with Gasteiger partial charge in [0.15, 0.2) is 0 Å². The lowest BCUT2D eigenvalue weighted by Gasteiger charge is -2.20. The van der Waals surface area contributed by atoms with Crippen LogP contribution in [0.1, 0.15) is 30.9 Å². The second-order valence-corrected chi connectivity index (χ2v) is 4.66. The number of rotatable bonds is 5. The van der Waals surface area contributed by atoms with Gasteiger partial charge in [-0.1, -0.05) is 31.2 Å². The van der Waals surface area contributed by atoms with Crippen molar-refractivity contribution >= 4 is 0 Å². The van der Waals surface area contributed by atoms with E-state index in [0.717, 1.165) is 25.7 Å². The van der Waals surface area contributed by atoms with Gasteiger partial charge in [0.05, 0.1) is 0 Å². The van der Waals surface area contributed by atoms with Crippen LogP contribution in [0, 0.1) is 0 Å². The van der Waals surface area contributed by atoms with Crippen molar-refractivity contribution in [2.75, 3.05) is 6.61 Å². The highest BCUT2D eigenvalue weighted by Crippen LogP contribution is 2.22. The first kappa shape index (κ1) is 11.6. The van der Waals surface area contributed by atoms with Crippen LogP contribution in [-0.4, -0.2) is 23.8 Å². The first-order chi connectivity index (χ1) is 7.83. The molecule has 88 valence electrons. The molecule has 1 aromatic rings. The third-order valence-corrected chi connectivity index (χ3v) is 3.49. The highest BCUT2D eigenvalue weighted by atomic mass is 16.3. The number of fused-ring (bicyclic) bond motifs is 1. The van der Waals surface area contributed by atoms with Crippen molar-refractivity contribution in [2.24, 2.45) is 0 Å². The summed E-state index contributed by atoms with van der Waals surface area (Å²) in [6.07, 6.45) is 4.23. The van der Waals surface area contributed by atoms with Gasteiger partial charge in [0.2, 0.25) is 0 Å². The normalized spacial score (nSPS) is 17.4. The van der Waals surface area contributed by atoms with Crippen molar-refractivity contribution in [1.82, 2.24) is 5.32 Å². The number of aliphatic hydroxyl groups excluding tert-OH is 1. The van der Waals surface area contributed by atoms with Gasteiger partial charge in [-0.15, -0.1) is 0 Å². The fourth-order valence-electron chi connectivity index (χ4n) is 2.57. The minimum absolute atomic E-state index is 0.283. The molecule has 0 amide bonds. The number of aliphatic hydroxyl groups is 1. The molecule has 0 fully saturated rings. The van der Waals surface area contributed by atoms with Gasteiger partial charge in [-0.2, -0.15) is 0 Å². The zero-order chi connectivity index (χ0) is 11.4. The summed E-state index contributed by atoms with van der Waals surface area (Å²) >= 11 is 0. The fraction of sp³-hybridized carbons (Fsp3) is 0.571. The Labute approximate surface area is 97.7 Å². The van der Waals surface area contributed by atoms with Gasteiger partial charge >= 0.3 is 0 Å². The highest BCUT2D eigenvalue weighted by Gasteiger charge is 2.22. The maximum atomic E-state index is 8.98. The summed E-state index contributed by atoms with van der Waals surface area (Å²) in [6.45, 7) is 2.46. The molecule has 16 heavy (non-hydrogen) atoms. The molecule has 1 aliphatic rings. The maximum Gasteiger partial charge on any atom is 0.0445 e. The second kappa shape index (κ2) is 5.46. The molecule has 0 aromatic heterocycles. The Morgan fingerprint density at radius 1 is 1.31 bits per heavy atom. The average Bonchev–Trinajstić information content (AvgIpc) is 2.70. The Bertz CT molecular complexity index is 312. The van der Waals surface area contributed by atoms with Crippen molar-refractivity contribution in [3.63, 3.8) is 0 Å². The first-order valence-electron chi connectivity index (χ1n) is 6.27. The molecule has 2 heteroatoms. The van der Waals surface area contributed by atoms with Crippen molar-refractivity contribution in [3.8, 4) is 0 Å². The van der Waals surface area contributed by atoms with E-state index < -0.39 is 0 Å². The van der Waals surface area contributed by atoms with E-state index in [4.69, 9.17) is 5.11 Å². The zero-order valence-electron chi connectivity index (χ0n) is 9.95. The summed E-state index contributed by atoms with van der Waals surface area (Å²) in [5.74, 6) is 0. The van der Waals surface area contributed by atoms with E-state index in [1.807, 2.05) is 0 Å². The van der Waals surface area contributed by atoms with E-state index in [0.29, 0.717) is 12.1 Å². The lowest BCUT2D eigenvalue weighted by atomic mass is 10.1. The molecular weight excluding hydrogens is 198 g/mol. The molecule has 0 saturated carbocycles. The number of benzene rings is 1. The van der Waals surface area contributed by atoms with Crippen LogP contribution in [0.25, 0.3) is 0 Å². The molecule has 0 bridgehead atoms. The average molecular weight is 219 g/mol. The molecule has 1 unspecified atom stereocenters. The topological polar surface area (TPSA) is 32.3 Å². The number of hydrogen-bond acceptors (Lipinski definition) is 2. The van der Waals surface area contributed by atoms with E-state index in [-0.39, 0.29) is 6.61 Å². The monoisotopic (exact) mass is 219 g/mol. The van der Waals surface area contributed by atoms with Crippen molar-refractivity contribution in [3.05, 3.63) is 35.4 Å². The Balaban J connectivity index is 1.91. The van der Waals surface area contributed by atoms with Gasteiger partial charge < -0.3 is 10.4 Å².